The molecule has 2 fully saturated rings. The Morgan fingerprint density at radius 3 is 2.35 bits per heavy atom. The molecular weight excluding hydrogens is 398 g/mol. The number of ether oxygens (including phenoxy) is 1. The van der Waals surface area contributed by atoms with Gasteiger partial charge < -0.3 is 14.5 Å². The van der Waals surface area contributed by atoms with E-state index >= 15 is 0 Å². The second-order valence-corrected chi connectivity index (χ2v) is 7.92. The van der Waals surface area contributed by atoms with Crippen LogP contribution in [0.25, 0.3) is 0 Å². The number of piperazine rings is 1. The monoisotopic (exact) mass is 425 g/mol. The number of hydrogen-bond acceptors (Lipinski definition) is 7. The van der Waals surface area contributed by atoms with Crippen LogP contribution in [-0.2, 0) is 9.59 Å². The Bertz CT molecular complexity index is 874. The minimum atomic E-state index is -0.660. The quantitative estimate of drug-likeness (QED) is 0.552. The first-order valence-electron chi connectivity index (χ1n) is 10.6. The summed E-state index contributed by atoms with van der Waals surface area (Å²) in [5.41, 5.74) is 2.88. The molecular formula is C22H27N5O4. The van der Waals surface area contributed by atoms with Gasteiger partial charge in [0.1, 0.15) is 6.10 Å². The summed E-state index contributed by atoms with van der Waals surface area (Å²) >= 11 is 0. The third-order valence-electron chi connectivity index (χ3n) is 6.09. The molecule has 3 unspecified atom stereocenters. The SMILES string of the molecule is O=C(NO)C1CC(Oc2ncccn2)CCC1C(=O)N1CCN(c2ccccc2)CC1. The third-order valence-corrected chi connectivity index (χ3v) is 6.09. The van der Waals surface area contributed by atoms with Gasteiger partial charge in [-0.15, -0.1) is 0 Å². The number of nitrogens with zero attached hydrogens (tertiary/aromatic N) is 4. The van der Waals surface area contributed by atoms with Gasteiger partial charge >= 0.3 is 6.01 Å². The van der Waals surface area contributed by atoms with E-state index in [2.05, 4.69) is 27.0 Å². The van der Waals surface area contributed by atoms with E-state index in [1.54, 1.807) is 23.9 Å². The smallest absolute Gasteiger partial charge is 0.316 e. The van der Waals surface area contributed by atoms with Crippen LogP contribution in [0.2, 0.25) is 0 Å². The minimum absolute atomic E-state index is 0.0317. The van der Waals surface area contributed by atoms with E-state index in [-0.39, 0.29) is 18.0 Å². The predicted molar refractivity (Wildman–Crippen MR) is 112 cm³/mol. The van der Waals surface area contributed by atoms with E-state index in [1.165, 1.54) is 0 Å². The number of anilines is 1. The molecule has 1 aliphatic carbocycles. The first-order valence-corrected chi connectivity index (χ1v) is 10.6. The topological polar surface area (TPSA) is 108 Å². The van der Waals surface area contributed by atoms with Crippen molar-refractivity contribution in [2.75, 3.05) is 31.1 Å². The summed E-state index contributed by atoms with van der Waals surface area (Å²) in [7, 11) is 0. The van der Waals surface area contributed by atoms with E-state index in [0.717, 1.165) is 18.8 Å². The Morgan fingerprint density at radius 1 is 0.968 bits per heavy atom. The second kappa shape index (κ2) is 9.74. The van der Waals surface area contributed by atoms with Gasteiger partial charge in [-0.3, -0.25) is 14.8 Å². The van der Waals surface area contributed by atoms with Gasteiger partial charge in [-0.2, -0.15) is 0 Å². The maximum atomic E-state index is 13.3. The van der Waals surface area contributed by atoms with Crippen LogP contribution in [0, 0.1) is 11.8 Å². The Morgan fingerprint density at radius 2 is 1.68 bits per heavy atom. The third kappa shape index (κ3) is 4.93. The standard InChI is InChI=1S/C22H27N5O4/c28-20(25-30)19-15-17(31-22-23-9-4-10-24-22)7-8-18(19)21(29)27-13-11-26(12-14-27)16-5-2-1-3-6-16/h1-6,9-10,17-19,30H,7-8,11-15H2,(H,25,28). The van der Waals surface area contributed by atoms with Crippen LogP contribution in [0.15, 0.2) is 48.8 Å². The van der Waals surface area contributed by atoms with Crippen LogP contribution in [0.4, 0.5) is 5.69 Å². The molecule has 2 heterocycles. The normalized spacial score (nSPS) is 23.8. The predicted octanol–water partition coefficient (Wildman–Crippen LogP) is 1.49. The van der Waals surface area contributed by atoms with Crippen molar-refractivity contribution in [3.8, 4) is 6.01 Å². The summed E-state index contributed by atoms with van der Waals surface area (Å²) in [6.45, 7) is 2.71. The molecule has 1 aromatic heterocycles. The molecule has 1 aliphatic heterocycles. The zero-order chi connectivity index (χ0) is 21.6. The van der Waals surface area contributed by atoms with Crippen LogP contribution >= 0.6 is 0 Å². The fourth-order valence-corrected chi connectivity index (χ4v) is 4.46. The molecule has 2 aromatic rings. The number of benzene rings is 1. The first-order chi connectivity index (χ1) is 15.2. The second-order valence-electron chi connectivity index (χ2n) is 7.92. The minimum Gasteiger partial charge on any atom is -0.460 e. The lowest BCUT2D eigenvalue weighted by Crippen LogP contribution is -2.53. The average molecular weight is 425 g/mol. The maximum Gasteiger partial charge on any atom is 0.316 e. The number of carbonyl (C=O) groups excluding carboxylic acids is 2. The van der Waals surface area contributed by atoms with Crippen molar-refractivity contribution in [3.05, 3.63) is 48.8 Å². The van der Waals surface area contributed by atoms with Gasteiger partial charge in [-0.1, -0.05) is 18.2 Å². The van der Waals surface area contributed by atoms with Gasteiger partial charge in [-0.05, 0) is 37.5 Å². The summed E-state index contributed by atoms with van der Waals surface area (Å²) in [4.78, 5) is 37.9. The van der Waals surface area contributed by atoms with Crippen LogP contribution < -0.4 is 15.1 Å². The van der Waals surface area contributed by atoms with Crippen LogP contribution in [0.5, 0.6) is 6.01 Å². The molecule has 1 saturated carbocycles. The molecule has 2 aliphatic rings. The number of para-hydroxylation sites is 1. The molecule has 0 bridgehead atoms. The first kappa shape index (κ1) is 21.0. The van der Waals surface area contributed by atoms with Gasteiger partial charge in [0.05, 0.1) is 11.8 Å². The molecule has 9 heteroatoms. The molecule has 1 aromatic carbocycles. The lowest BCUT2D eigenvalue weighted by atomic mass is 9.76. The fraction of sp³-hybridized carbons (Fsp3) is 0.455. The largest absolute Gasteiger partial charge is 0.460 e. The molecule has 2 N–H and O–H groups in total. The summed E-state index contributed by atoms with van der Waals surface area (Å²) in [6.07, 6.45) is 4.34. The van der Waals surface area contributed by atoms with Gasteiger partial charge in [0.25, 0.3) is 0 Å². The zero-order valence-electron chi connectivity index (χ0n) is 17.3. The van der Waals surface area contributed by atoms with Crippen molar-refractivity contribution in [2.24, 2.45) is 11.8 Å². The number of amides is 2. The van der Waals surface area contributed by atoms with E-state index in [0.29, 0.717) is 32.4 Å². The lowest BCUT2D eigenvalue weighted by Gasteiger charge is -2.40. The molecule has 2 amide bonds. The molecule has 9 nitrogen and oxygen atoms in total. The van der Waals surface area contributed by atoms with Crippen LogP contribution in [0.3, 0.4) is 0 Å². The highest BCUT2D eigenvalue weighted by Gasteiger charge is 2.42. The van der Waals surface area contributed by atoms with E-state index < -0.39 is 17.7 Å². The highest BCUT2D eigenvalue weighted by molar-refractivity contribution is 5.87. The van der Waals surface area contributed by atoms with Crippen molar-refractivity contribution in [3.63, 3.8) is 0 Å². The van der Waals surface area contributed by atoms with Crippen molar-refractivity contribution in [1.82, 2.24) is 20.3 Å². The summed E-state index contributed by atoms with van der Waals surface area (Å²) < 4.78 is 5.80. The van der Waals surface area contributed by atoms with Gasteiger partial charge in [-0.25, -0.2) is 15.4 Å². The summed E-state index contributed by atoms with van der Waals surface area (Å²) in [5.74, 6) is -1.72. The van der Waals surface area contributed by atoms with E-state index in [1.807, 2.05) is 23.1 Å². The highest BCUT2D eigenvalue weighted by Crippen LogP contribution is 2.34. The Kier molecular flexibility index (Phi) is 6.61. The summed E-state index contributed by atoms with van der Waals surface area (Å²) in [6, 6.07) is 12.1. The Hall–Kier alpha value is -3.20. The average Bonchev–Trinajstić information content (AvgIpc) is 2.84. The molecule has 1 saturated heterocycles. The van der Waals surface area contributed by atoms with Crippen molar-refractivity contribution < 1.29 is 19.5 Å². The molecule has 164 valence electrons. The fourth-order valence-electron chi connectivity index (χ4n) is 4.46. The summed E-state index contributed by atoms with van der Waals surface area (Å²) in [5, 5.41) is 9.24. The van der Waals surface area contributed by atoms with Crippen LogP contribution in [-0.4, -0.2) is 64.2 Å². The Balaban J connectivity index is 1.38. The Labute approximate surface area is 181 Å². The number of aromatic nitrogens is 2. The van der Waals surface area contributed by atoms with Crippen molar-refractivity contribution >= 4 is 17.5 Å². The van der Waals surface area contributed by atoms with E-state index in [9.17, 15) is 14.8 Å². The van der Waals surface area contributed by atoms with Gasteiger partial charge in [0.2, 0.25) is 11.8 Å². The number of nitrogens with one attached hydrogen (secondary N) is 1. The zero-order valence-corrected chi connectivity index (χ0v) is 17.3. The van der Waals surface area contributed by atoms with Crippen molar-refractivity contribution in [1.29, 1.82) is 0 Å². The molecule has 0 spiro atoms. The number of carbonyl (C=O) groups is 2. The maximum absolute atomic E-state index is 13.3. The number of hydrogen-bond donors (Lipinski definition) is 2. The number of hydroxylamine groups is 1. The van der Waals surface area contributed by atoms with Crippen molar-refractivity contribution in [2.45, 2.75) is 25.4 Å². The molecule has 31 heavy (non-hydrogen) atoms. The van der Waals surface area contributed by atoms with Crippen LogP contribution in [0.1, 0.15) is 19.3 Å². The van der Waals surface area contributed by atoms with E-state index in [4.69, 9.17) is 4.74 Å². The lowest BCUT2D eigenvalue weighted by molar-refractivity contribution is -0.148. The molecule has 4 rings (SSSR count). The molecule has 0 radical (unpaired) electrons. The molecule has 3 atom stereocenters. The highest BCUT2D eigenvalue weighted by atomic mass is 16.5. The van der Waals surface area contributed by atoms with Gasteiger partial charge in [0.15, 0.2) is 0 Å². The van der Waals surface area contributed by atoms with Gasteiger partial charge in [0, 0.05) is 44.3 Å². The number of rotatable bonds is 5.